The summed E-state index contributed by atoms with van der Waals surface area (Å²) in [6.45, 7) is 0. The number of carbonyl (C=O) groups is 4. The van der Waals surface area contributed by atoms with Gasteiger partial charge in [0.1, 0.15) is 0 Å². The second-order valence-electron chi connectivity index (χ2n) is 3.96. The number of aromatic carboxylic acids is 2. The first-order valence-corrected chi connectivity index (χ1v) is 5.38. The minimum Gasteiger partial charge on any atom is -0.478 e. The molecule has 19 heavy (non-hydrogen) atoms. The van der Waals surface area contributed by atoms with E-state index < -0.39 is 34.9 Å². The van der Waals surface area contributed by atoms with Crippen LogP contribution in [-0.4, -0.2) is 34.0 Å². The van der Waals surface area contributed by atoms with Gasteiger partial charge in [-0.1, -0.05) is 0 Å². The topological polar surface area (TPSA) is 112 Å². The van der Waals surface area contributed by atoms with Crippen LogP contribution in [0.15, 0.2) is 18.2 Å². The molecule has 7 heteroatoms. The van der Waals surface area contributed by atoms with Crippen LogP contribution in [0.3, 0.4) is 0 Å². The molecule has 0 radical (unpaired) electrons. The maximum absolute atomic E-state index is 11.5. The Labute approximate surface area is 107 Å². The van der Waals surface area contributed by atoms with Gasteiger partial charge in [0.25, 0.3) is 0 Å². The number of carbonyl (C=O) groups excluding carboxylic acids is 2. The molecule has 1 aromatic carbocycles. The highest BCUT2D eigenvalue weighted by molar-refractivity contribution is 6.20. The quantitative estimate of drug-likeness (QED) is 0.777. The van der Waals surface area contributed by atoms with Gasteiger partial charge in [-0.3, -0.25) is 14.5 Å². The molecule has 1 heterocycles. The van der Waals surface area contributed by atoms with E-state index in [1.807, 2.05) is 0 Å². The molecule has 1 aromatic rings. The number of hydrogen-bond donors (Lipinski definition) is 2. The molecule has 98 valence electrons. The van der Waals surface area contributed by atoms with Crippen molar-refractivity contribution in [2.75, 3.05) is 4.90 Å². The first-order chi connectivity index (χ1) is 8.91. The SMILES string of the molecule is O=C(O)c1ccc(N2C(=O)CCC2=O)cc1C(=O)O. The Morgan fingerprint density at radius 3 is 1.95 bits per heavy atom. The van der Waals surface area contributed by atoms with Crippen LogP contribution in [0.2, 0.25) is 0 Å². The lowest BCUT2D eigenvalue weighted by molar-refractivity contribution is -0.121. The van der Waals surface area contributed by atoms with Gasteiger partial charge < -0.3 is 10.2 Å². The number of hydrogen-bond acceptors (Lipinski definition) is 4. The van der Waals surface area contributed by atoms with Crippen LogP contribution in [0.25, 0.3) is 0 Å². The van der Waals surface area contributed by atoms with Gasteiger partial charge >= 0.3 is 11.9 Å². The Morgan fingerprint density at radius 1 is 0.947 bits per heavy atom. The van der Waals surface area contributed by atoms with Crippen molar-refractivity contribution >= 4 is 29.4 Å². The summed E-state index contributed by atoms with van der Waals surface area (Å²) in [5, 5.41) is 17.8. The normalized spacial score (nSPS) is 14.8. The van der Waals surface area contributed by atoms with E-state index in [1.54, 1.807) is 0 Å². The third kappa shape index (κ3) is 2.17. The van der Waals surface area contributed by atoms with Crippen molar-refractivity contribution in [3.63, 3.8) is 0 Å². The fraction of sp³-hybridized carbons (Fsp3) is 0.167. The minimum absolute atomic E-state index is 0.0713. The van der Waals surface area contributed by atoms with Gasteiger partial charge in [-0.05, 0) is 18.2 Å². The van der Waals surface area contributed by atoms with Crippen LogP contribution < -0.4 is 4.90 Å². The average Bonchev–Trinajstić information content (AvgIpc) is 2.68. The molecule has 0 bridgehead atoms. The Morgan fingerprint density at radius 2 is 1.47 bits per heavy atom. The maximum atomic E-state index is 11.5. The molecule has 1 fully saturated rings. The van der Waals surface area contributed by atoms with E-state index in [0.717, 1.165) is 17.0 Å². The number of carboxylic acid groups (broad SMARTS) is 2. The summed E-state index contributed by atoms with van der Waals surface area (Å²) in [4.78, 5) is 45.8. The lowest BCUT2D eigenvalue weighted by atomic mass is 10.1. The smallest absolute Gasteiger partial charge is 0.336 e. The molecule has 2 rings (SSSR count). The summed E-state index contributed by atoms with van der Waals surface area (Å²) in [5.74, 6) is -3.67. The molecular weight excluding hydrogens is 254 g/mol. The first-order valence-electron chi connectivity index (χ1n) is 5.38. The highest BCUT2D eigenvalue weighted by Crippen LogP contribution is 2.25. The van der Waals surface area contributed by atoms with Crippen LogP contribution >= 0.6 is 0 Å². The standard InChI is InChI=1S/C12H9NO6/c14-9-3-4-10(15)13(9)6-1-2-7(11(16)17)8(5-6)12(18)19/h1-2,5H,3-4H2,(H,16,17)(H,18,19). The molecule has 0 aromatic heterocycles. The Bertz CT molecular complexity index is 590. The van der Waals surface area contributed by atoms with Crippen molar-refractivity contribution in [3.05, 3.63) is 29.3 Å². The van der Waals surface area contributed by atoms with E-state index >= 15 is 0 Å². The van der Waals surface area contributed by atoms with Crippen molar-refractivity contribution in [2.45, 2.75) is 12.8 Å². The maximum Gasteiger partial charge on any atom is 0.336 e. The van der Waals surface area contributed by atoms with Gasteiger partial charge in [0.15, 0.2) is 0 Å². The number of anilines is 1. The zero-order valence-electron chi connectivity index (χ0n) is 9.62. The molecular formula is C12H9NO6. The average molecular weight is 263 g/mol. The van der Waals surface area contributed by atoms with Crippen LogP contribution in [0, 0.1) is 0 Å². The second-order valence-corrected chi connectivity index (χ2v) is 3.96. The van der Waals surface area contributed by atoms with Crippen molar-refractivity contribution in [2.24, 2.45) is 0 Å². The van der Waals surface area contributed by atoms with Crippen LogP contribution in [-0.2, 0) is 9.59 Å². The van der Waals surface area contributed by atoms with E-state index in [0.29, 0.717) is 0 Å². The summed E-state index contributed by atoms with van der Waals surface area (Å²) in [6.07, 6.45) is 0.143. The Balaban J connectivity index is 2.52. The van der Waals surface area contributed by atoms with Gasteiger partial charge in [0.2, 0.25) is 11.8 Å². The van der Waals surface area contributed by atoms with E-state index in [1.165, 1.54) is 6.07 Å². The lowest BCUT2D eigenvalue weighted by Crippen LogP contribution is -2.29. The zero-order valence-corrected chi connectivity index (χ0v) is 9.62. The molecule has 1 aliphatic rings. The van der Waals surface area contributed by atoms with E-state index in [-0.39, 0.29) is 18.5 Å². The van der Waals surface area contributed by atoms with Gasteiger partial charge in [-0.15, -0.1) is 0 Å². The summed E-state index contributed by atoms with van der Waals surface area (Å²) in [7, 11) is 0. The van der Waals surface area contributed by atoms with Gasteiger partial charge in [-0.2, -0.15) is 0 Å². The number of amides is 2. The Hall–Kier alpha value is -2.70. The van der Waals surface area contributed by atoms with Crippen LogP contribution in [0.5, 0.6) is 0 Å². The fourth-order valence-electron chi connectivity index (χ4n) is 1.90. The second kappa shape index (κ2) is 4.52. The predicted molar refractivity (Wildman–Crippen MR) is 62.1 cm³/mol. The number of nitrogens with zero attached hydrogens (tertiary/aromatic N) is 1. The lowest BCUT2D eigenvalue weighted by Gasteiger charge is -2.15. The van der Waals surface area contributed by atoms with Gasteiger partial charge in [-0.25, -0.2) is 9.59 Å². The van der Waals surface area contributed by atoms with Gasteiger partial charge in [0, 0.05) is 12.8 Å². The first kappa shape index (κ1) is 12.7. The van der Waals surface area contributed by atoms with Crippen molar-refractivity contribution < 1.29 is 29.4 Å². The summed E-state index contributed by atoms with van der Waals surface area (Å²) >= 11 is 0. The number of rotatable bonds is 3. The minimum atomic E-state index is -1.43. The van der Waals surface area contributed by atoms with E-state index in [4.69, 9.17) is 10.2 Å². The molecule has 0 unspecified atom stereocenters. The molecule has 0 saturated carbocycles. The highest BCUT2D eigenvalue weighted by Gasteiger charge is 2.31. The third-order valence-corrected chi connectivity index (χ3v) is 2.77. The molecule has 0 aliphatic carbocycles. The predicted octanol–water partition coefficient (Wildman–Crippen LogP) is 0.736. The van der Waals surface area contributed by atoms with Crippen molar-refractivity contribution in [1.82, 2.24) is 0 Å². The molecule has 7 nitrogen and oxygen atoms in total. The molecule has 2 N–H and O–H groups in total. The molecule has 2 amide bonds. The number of benzene rings is 1. The van der Waals surface area contributed by atoms with Crippen LogP contribution in [0.1, 0.15) is 33.6 Å². The molecule has 0 atom stereocenters. The van der Waals surface area contributed by atoms with Crippen molar-refractivity contribution in [1.29, 1.82) is 0 Å². The van der Waals surface area contributed by atoms with E-state index in [2.05, 4.69) is 0 Å². The number of imide groups is 1. The summed E-state index contributed by atoms with van der Waals surface area (Å²) in [6, 6.07) is 3.34. The molecule has 1 aliphatic heterocycles. The fourth-order valence-corrected chi connectivity index (χ4v) is 1.90. The highest BCUT2D eigenvalue weighted by atomic mass is 16.4. The zero-order chi connectivity index (χ0) is 14.2. The third-order valence-electron chi connectivity index (χ3n) is 2.77. The largest absolute Gasteiger partial charge is 0.478 e. The summed E-state index contributed by atoms with van der Waals surface area (Å²) in [5.41, 5.74) is -0.775. The van der Waals surface area contributed by atoms with E-state index in [9.17, 15) is 19.2 Å². The van der Waals surface area contributed by atoms with Crippen molar-refractivity contribution in [3.8, 4) is 0 Å². The summed E-state index contributed by atoms with van der Waals surface area (Å²) < 4.78 is 0. The number of carboxylic acids is 2. The van der Waals surface area contributed by atoms with Gasteiger partial charge in [0.05, 0.1) is 16.8 Å². The monoisotopic (exact) mass is 263 g/mol. The molecule has 0 spiro atoms. The van der Waals surface area contributed by atoms with Crippen LogP contribution in [0.4, 0.5) is 5.69 Å². The molecule has 1 saturated heterocycles. The Kier molecular flexibility index (Phi) is 3.04.